The van der Waals surface area contributed by atoms with Crippen LogP contribution in [0.2, 0.25) is 0 Å². The van der Waals surface area contributed by atoms with Gasteiger partial charge in [0.1, 0.15) is 5.82 Å². The first kappa shape index (κ1) is 12.0. The number of rotatable bonds is 4. The molecule has 1 N–H and O–H groups in total. The van der Waals surface area contributed by atoms with Gasteiger partial charge in [0.05, 0.1) is 0 Å². The Morgan fingerprint density at radius 3 is 2.24 bits per heavy atom. The zero-order chi connectivity index (χ0) is 12.6. The normalized spacial score (nSPS) is 16.9. The van der Waals surface area contributed by atoms with Crippen LogP contribution < -0.4 is 0 Å². The van der Waals surface area contributed by atoms with Gasteiger partial charge in [-0.25, -0.2) is 9.97 Å². The molecule has 17 heavy (non-hydrogen) atoms. The molecule has 0 amide bonds. The molecule has 1 aliphatic rings. The fourth-order valence-electron chi connectivity index (χ4n) is 2.01. The molecule has 1 aliphatic carbocycles. The zero-order valence-electron chi connectivity index (χ0n) is 10.6. The average Bonchev–Trinajstić information content (AvgIpc) is 2.96. The van der Waals surface area contributed by atoms with Crippen LogP contribution in [0.3, 0.4) is 0 Å². The topological polar surface area (TPSA) is 63.1 Å². The molecule has 1 aromatic heterocycles. The van der Waals surface area contributed by atoms with Crippen molar-refractivity contribution in [1.82, 2.24) is 9.97 Å². The number of carboxylic acid groups (broad SMARTS) is 1. The molecule has 2 rings (SSSR count). The van der Waals surface area contributed by atoms with Crippen molar-refractivity contribution in [3.63, 3.8) is 0 Å². The third-order valence-electron chi connectivity index (χ3n) is 3.55. The lowest BCUT2D eigenvalue weighted by atomic mass is 10.0. The number of nitrogens with zero attached hydrogens (tertiary/aromatic N) is 2. The van der Waals surface area contributed by atoms with Crippen LogP contribution in [0.1, 0.15) is 49.0 Å². The molecular weight excluding hydrogens is 216 g/mol. The Labute approximate surface area is 101 Å². The lowest BCUT2D eigenvalue weighted by Gasteiger charge is -2.13. The maximum Gasteiger partial charge on any atom is 0.303 e. The van der Waals surface area contributed by atoms with Crippen LogP contribution in [-0.4, -0.2) is 21.0 Å². The lowest BCUT2D eigenvalue weighted by molar-refractivity contribution is -0.136. The lowest BCUT2D eigenvalue weighted by Crippen LogP contribution is -2.12. The van der Waals surface area contributed by atoms with Crippen LogP contribution in [0, 0.1) is 13.8 Å². The van der Waals surface area contributed by atoms with Gasteiger partial charge in [-0.15, -0.1) is 0 Å². The van der Waals surface area contributed by atoms with Gasteiger partial charge in [0.15, 0.2) is 0 Å². The van der Waals surface area contributed by atoms with Crippen LogP contribution in [0.15, 0.2) is 0 Å². The van der Waals surface area contributed by atoms with Crippen molar-refractivity contribution in [3.8, 4) is 0 Å². The summed E-state index contributed by atoms with van der Waals surface area (Å²) in [6.45, 7) is 6.07. The van der Waals surface area contributed by atoms with E-state index < -0.39 is 5.97 Å². The molecule has 0 atom stereocenters. The van der Waals surface area contributed by atoms with Gasteiger partial charge in [0.2, 0.25) is 0 Å². The van der Waals surface area contributed by atoms with Crippen molar-refractivity contribution in [2.45, 2.75) is 51.9 Å². The quantitative estimate of drug-likeness (QED) is 0.867. The van der Waals surface area contributed by atoms with Gasteiger partial charge in [0.25, 0.3) is 0 Å². The summed E-state index contributed by atoms with van der Waals surface area (Å²) >= 11 is 0. The molecular formula is C13H18N2O2. The van der Waals surface area contributed by atoms with Gasteiger partial charge in [-0.2, -0.15) is 0 Å². The van der Waals surface area contributed by atoms with Gasteiger partial charge >= 0.3 is 5.97 Å². The van der Waals surface area contributed by atoms with Crippen molar-refractivity contribution >= 4 is 5.97 Å². The third kappa shape index (κ3) is 2.46. The SMILES string of the molecule is Cc1nc(C2(C)CC2)nc(C)c1CCC(=O)O. The molecule has 0 spiro atoms. The summed E-state index contributed by atoms with van der Waals surface area (Å²) < 4.78 is 0. The Hall–Kier alpha value is -1.45. The highest BCUT2D eigenvalue weighted by Gasteiger charge is 2.42. The Morgan fingerprint density at radius 2 is 1.82 bits per heavy atom. The van der Waals surface area contributed by atoms with E-state index in [0.29, 0.717) is 6.42 Å². The van der Waals surface area contributed by atoms with E-state index in [9.17, 15) is 4.79 Å². The molecule has 0 radical (unpaired) electrons. The number of carboxylic acids is 1. The van der Waals surface area contributed by atoms with Gasteiger partial charge in [-0.1, -0.05) is 6.92 Å². The van der Waals surface area contributed by atoms with E-state index in [2.05, 4.69) is 16.9 Å². The second kappa shape index (κ2) is 4.09. The van der Waals surface area contributed by atoms with Crippen LogP contribution >= 0.6 is 0 Å². The Kier molecular flexibility index (Phi) is 2.89. The van der Waals surface area contributed by atoms with E-state index in [4.69, 9.17) is 5.11 Å². The predicted octanol–water partition coefficient (Wildman–Crippen LogP) is 2.16. The molecule has 1 heterocycles. The molecule has 0 aromatic carbocycles. The van der Waals surface area contributed by atoms with Crippen molar-refractivity contribution in [2.75, 3.05) is 0 Å². The van der Waals surface area contributed by atoms with E-state index in [1.807, 2.05) is 13.8 Å². The van der Waals surface area contributed by atoms with E-state index >= 15 is 0 Å². The van der Waals surface area contributed by atoms with E-state index in [1.165, 1.54) is 0 Å². The molecule has 92 valence electrons. The summed E-state index contributed by atoms with van der Waals surface area (Å²) in [6.07, 6.45) is 2.96. The summed E-state index contributed by atoms with van der Waals surface area (Å²) in [4.78, 5) is 19.7. The predicted molar refractivity (Wildman–Crippen MR) is 64.0 cm³/mol. The highest BCUT2D eigenvalue weighted by atomic mass is 16.4. The van der Waals surface area contributed by atoms with Gasteiger partial charge in [0, 0.05) is 23.2 Å². The molecule has 0 aliphatic heterocycles. The molecule has 1 aromatic rings. The number of aliphatic carboxylic acids is 1. The zero-order valence-corrected chi connectivity index (χ0v) is 10.6. The molecule has 0 unspecified atom stereocenters. The minimum Gasteiger partial charge on any atom is -0.481 e. The van der Waals surface area contributed by atoms with E-state index in [1.54, 1.807) is 0 Å². The molecule has 4 nitrogen and oxygen atoms in total. The summed E-state index contributed by atoms with van der Waals surface area (Å²) in [5, 5.41) is 8.71. The summed E-state index contributed by atoms with van der Waals surface area (Å²) in [5.74, 6) is 0.147. The van der Waals surface area contributed by atoms with Crippen LogP contribution in [-0.2, 0) is 16.6 Å². The first-order valence-corrected chi connectivity index (χ1v) is 5.99. The van der Waals surface area contributed by atoms with Crippen molar-refractivity contribution in [1.29, 1.82) is 0 Å². The second-order valence-corrected chi connectivity index (χ2v) is 5.15. The summed E-state index contributed by atoms with van der Waals surface area (Å²) in [6, 6.07) is 0. The van der Waals surface area contributed by atoms with Gasteiger partial charge < -0.3 is 5.11 Å². The van der Waals surface area contributed by atoms with Crippen LogP contribution in [0.5, 0.6) is 0 Å². The van der Waals surface area contributed by atoms with Crippen molar-refractivity contribution < 1.29 is 9.90 Å². The number of hydrogen-bond acceptors (Lipinski definition) is 3. The molecule has 1 fully saturated rings. The third-order valence-corrected chi connectivity index (χ3v) is 3.55. The number of aromatic nitrogens is 2. The standard InChI is InChI=1S/C13H18N2O2/c1-8-10(4-5-11(16)17)9(2)15-12(14-8)13(3)6-7-13/h4-7H2,1-3H3,(H,16,17). The first-order valence-electron chi connectivity index (χ1n) is 5.99. The Morgan fingerprint density at radius 1 is 1.29 bits per heavy atom. The minimum atomic E-state index is -0.776. The molecule has 4 heteroatoms. The summed E-state index contributed by atoms with van der Waals surface area (Å²) in [7, 11) is 0. The average molecular weight is 234 g/mol. The fraction of sp³-hybridized carbons (Fsp3) is 0.615. The molecule has 0 bridgehead atoms. The first-order chi connectivity index (χ1) is 7.92. The molecule has 1 saturated carbocycles. The smallest absolute Gasteiger partial charge is 0.303 e. The van der Waals surface area contributed by atoms with Crippen molar-refractivity contribution in [2.24, 2.45) is 0 Å². The van der Waals surface area contributed by atoms with Crippen molar-refractivity contribution in [3.05, 3.63) is 22.8 Å². The maximum atomic E-state index is 10.6. The largest absolute Gasteiger partial charge is 0.481 e. The van der Waals surface area contributed by atoms with Crippen LogP contribution in [0.4, 0.5) is 0 Å². The van der Waals surface area contributed by atoms with Crippen LogP contribution in [0.25, 0.3) is 0 Å². The Balaban J connectivity index is 2.26. The van der Waals surface area contributed by atoms with Gasteiger partial charge in [-0.05, 0) is 38.7 Å². The number of aryl methyl sites for hydroxylation is 2. The maximum absolute atomic E-state index is 10.6. The van der Waals surface area contributed by atoms with Gasteiger partial charge in [-0.3, -0.25) is 4.79 Å². The monoisotopic (exact) mass is 234 g/mol. The molecule has 0 saturated heterocycles. The summed E-state index contributed by atoms with van der Waals surface area (Å²) in [5.41, 5.74) is 3.02. The fourth-order valence-corrected chi connectivity index (χ4v) is 2.01. The number of carbonyl (C=O) groups is 1. The highest BCUT2D eigenvalue weighted by Crippen LogP contribution is 2.46. The highest BCUT2D eigenvalue weighted by molar-refractivity contribution is 5.67. The van der Waals surface area contributed by atoms with E-state index in [0.717, 1.165) is 35.6 Å². The minimum absolute atomic E-state index is 0.141. The van der Waals surface area contributed by atoms with E-state index in [-0.39, 0.29) is 11.8 Å². The number of hydrogen-bond donors (Lipinski definition) is 1. The Bertz CT molecular complexity index is 441. The second-order valence-electron chi connectivity index (χ2n) is 5.15.